The number of halogens is 1. The van der Waals surface area contributed by atoms with Crippen molar-refractivity contribution in [2.45, 2.75) is 43.1 Å². The Bertz CT molecular complexity index is 132. The summed E-state index contributed by atoms with van der Waals surface area (Å²) in [4.78, 5) is 2.58. The van der Waals surface area contributed by atoms with Crippen LogP contribution in [0.5, 0.6) is 0 Å². The number of rotatable bonds is 1. The summed E-state index contributed by atoms with van der Waals surface area (Å²) in [5.41, 5.74) is 0. The largest absolute Gasteiger partial charge is 0.300 e. The van der Waals surface area contributed by atoms with E-state index in [9.17, 15) is 0 Å². The van der Waals surface area contributed by atoms with E-state index in [1.54, 1.807) is 0 Å². The predicted octanol–water partition coefficient (Wildman–Crippen LogP) is 2.68. The highest BCUT2D eigenvalue weighted by molar-refractivity contribution is 14.1. The lowest BCUT2D eigenvalue weighted by molar-refractivity contribution is 0.167. The van der Waals surface area contributed by atoms with Crippen molar-refractivity contribution in [1.29, 1.82) is 0 Å². The monoisotopic (exact) mass is 267 g/mol. The summed E-state index contributed by atoms with van der Waals surface area (Å²) in [6.07, 6.45) is 2.76. The Kier molecular flexibility index (Phi) is 3.20. The molecule has 1 atom stereocenters. The van der Waals surface area contributed by atoms with Crippen LogP contribution in [0, 0.1) is 0 Å². The first-order valence-electron chi connectivity index (χ1n) is 4.44. The molecule has 2 heteroatoms. The van der Waals surface area contributed by atoms with Crippen LogP contribution in [0.15, 0.2) is 0 Å². The van der Waals surface area contributed by atoms with Gasteiger partial charge in [-0.15, -0.1) is 0 Å². The van der Waals surface area contributed by atoms with E-state index < -0.39 is 0 Å². The molecule has 0 bridgehead atoms. The van der Waals surface area contributed by atoms with Gasteiger partial charge in [0.05, 0.1) is 0 Å². The average Bonchev–Trinajstić information content (AvgIpc) is 1.85. The molecule has 0 spiro atoms. The lowest BCUT2D eigenvalue weighted by Crippen LogP contribution is -2.45. The summed E-state index contributed by atoms with van der Waals surface area (Å²) < 4.78 is 0.528. The average molecular weight is 267 g/mol. The third-order valence-corrected chi connectivity index (χ3v) is 3.29. The van der Waals surface area contributed by atoms with Gasteiger partial charge >= 0.3 is 0 Å². The van der Waals surface area contributed by atoms with Gasteiger partial charge in [-0.1, -0.05) is 22.6 Å². The number of hydrogen-bond donors (Lipinski definition) is 0. The second-order valence-corrected chi connectivity index (χ2v) is 6.69. The summed E-state index contributed by atoms with van der Waals surface area (Å²) >= 11 is 2.60. The van der Waals surface area contributed by atoms with E-state index in [1.165, 1.54) is 25.9 Å². The van der Waals surface area contributed by atoms with Gasteiger partial charge in [0.1, 0.15) is 0 Å². The predicted molar refractivity (Wildman–Crippen MR) is 58.4 cm³/mol. The van der Waals surface area contributed by atoms with E-state index in [4.69, 9.17) is 0 Å². The van der Waals surface area contributed by atoms with Crippen LogP contribution < -0.4 is 0 Å². The topological polar surface area (TPSA) is 3.24 Å². The SMILES string of the molecule is CC(C)N1CCC[C@@](C)(I)C1. The van der Waals surface area contributed by atoms with Gasteiger partial charge < -0.3 is 0 Å². The van der Waals surface area contributed by atoms with Gasteiger partial charge in [0, 0.05) is 16.0 Å². The molecule has 0 aromatic rings. The van der Waals surface area contributed by atoms with Crippen molar-refractivity contribution in [3.05, 3.63) is 0 Å². The van der Waals surface area contributed by atoms with Crippen molar-refractivity contribution in [3.8, 4) is 0 Å². The number of hydrogen-bond acceptors (Lipinski definition) is 1. The molecule has 1 nitrogen and oxygen atoms in total. The minimum Gasteiger partial charge on any atom is -0.300 e. The van der Waals surface area contributed by atoms with Crippen molar-refractivity contribution in [2.75, 3.05) is 13.1 Å². The highest BCUT2D eigenvalue weighted by Crippen LogP contribution is 2.30. The Morgan fingerprint density at radius 3 is 2.45 bits per heavy atom. The zero-order chi connectivity index (χ0) is 8.48. The molecule has 11 heavy (non-hydrogen) atoms. The number of alkyl halides is 1. The van der Waals surface area contributed by atoms with Crippen molar-refractivity contribution in [2.24, 2.45) is 0 Å². The summed E-state index contributed by atoms with van der Waals surface area (Å²) in [6.45, 7) is 9.51. The molecular weight excluding hydrogens is 249 g/mol. The van der Waals surface area contributed by atoms with Gasteiger partial charge in [-0.3, -0.25) is 4.90 Å². The zero-order valence-electron chi connectivity index (χ0n) is 7.73. The van der Waals surface area contributed by atoms with Crippen LogP contribution in [0.25, 0.3) is 0 Å². The molecule has 66 valence electrons. The molecule has 0 unspecified atom stereocenters. The van der Waals surface area contributed by atoms with Crippen LogP contribution in [0.1, 0.15) is 33.6 Å². The first-order valence-corrected chi connectivity index (χ1v) is 5.52. The molecule has 0 aliphatic carbocycles. The second-order valence-electron chi connectivity index (χ2n) is 4.08. The van der Waals surface area contributed by atoms with E-state index >= 15 is 0 Å². The summed E-state index contributed by atoms with van der Waals surface area (Å²) in [6, 6.07) is 0.726. The third-order valence-electron chi connectivity index (χ3n) is 2.41. The molecule has 0 saturated carbocycles. The molecule has 1 heterocycles. The Morgan fingerprint density at radius 1 is 1.45 bits per heavy atom. The lowest BCUT2D eigenvalue weighted by atomic mass is 9.99. The third kappa shape index (κ3) is 2.90. The first-order chi connectivity index (χ1) is 5.01. The molecule has 1 aliphatic rings. The number of piperidine rings is 1. The molecule has 0 aromatic carbocycles. The van der Waals surface area contributed by atoms with E-state index in [2.05, 4.69) is 48.3 Å². The molecule has 0 amide bonds. The quantitative estimate of drug-likeness (QED) is 0.521. The molecule has 0 aromatic heterocycles. The van der Waals surface area contributed by atoms with Gasteiger partial charge in [-0.2, -0.15) is 0 Å². The Labute approximate surface area is 83.7 Å². The minimum atomic E-state index is 0.528. The van der Waals surface area contributed by atoms with E-state index in [0.29, 0.717) is 3.42 Å². The van der Waals surface area contributed by atoms with Gasteiger partial charge in [0.25, 0.3) is 0 Å². The Hall–Kier alpha value is 0.690. The maximum absolute atomic E-state index is 2.60. The van der Waals surface area contributed by atoms with Gasteiger partial charge in [-0.05, 0) is 40.2 Å². The van der Waals surface area contributed by atoms with Gasteiger partial charge in [-0.25, -0.2) is 0 Å². The lowest BCUT2D eigenvalue weighted by Gasteiger charge is -2.39. The Morgan fingerprint density at radius 2 is 2.09 bits per heavy atom. The van der Waals surface area contributed by atoms with E-state index in [-0.39, 0.29) is 0 Å². The summed E-state index contributed by atoms with van der Waals surface area (Å²) in [5.74, 6) is 0. The van der Waals surface area contributed by atoms with Crippen molar-refractivity contribution in [1.82, 2.24) is 4.90 Å². The van der Waals surface area contributed by atoms with Crippen LogP contribution in [0.4, 0.5) is 0 Å². The van der Waals surface area contributed by atoms with Gasteiger partial charge in [0.2, 0.25) is 0 Å². The molecular formula is C9H18IN. The highest BCUT2D eigenvalue weighted by Gasteiger charge is 2.28. The molecule has 0 N–H and O–H groups in total. The standard InChI is InChI=1S/C9H18IN/c1-8(2)11-6-4-5-9(3,10)7-11/h8H,4-7H2,1-3H3/t9-/m1/s1. The van der Waals surface area contributed by atoms with Crippen LogP contribution >= 0.6 is 22.6 Å². The van der Waals surface area contributed by atoms with Crippen molar-refractivity contribution < 1.29 is 0 Å². The summed E-state index contributed by atoms with van der Waals surface area (Å²) in [5, 5.41) is 0. The molecule has 0 radical (unpaired) electrons. The molecule has 1 rings (SSSR count). The molecule has 1 fully saturated rings. The van der Waals surface area contributed by atoms with Crippen LogP contribution in [-0.2, 0) is 0 Å². The summed E-state index contributed by atoms with van der Waals surface area (Å²) in [7, 11) is 0. The maximum Gasteiger partial charge on any atom is 0.0321 e. The second kappa shape index (κ2) is 3.60. The fraction of sp³-hybridized carbons (Fsp3) is 1.00. The van der Waals surface area contributed by atoms with Gasteiger partial charge in [0.15, 0.2) is 0 Å². The normalized spacial score (nSPS) is 34.6. The molecule has 1 aliphatic heterocycles. The zero-order valence-corrected chi connectivity index (χ0v) is 9.89. The smallest absolute Gasteiger partial charge is 0.0321 e. The highest BCUT2D eigenvalue weighted by atomic mass is 127. The van der Waals surface area contributed by atoms with E-state index in [0.717, 1.165) is 6.04 Å². The maximum atomic E-state index is 2.60. The van der Waals surface area contributed by atoms with Crippen molar-refractivity contribution in [3.63, 3.8) is 0 Å². The van der Waals surface area contributed by atoms with Crippen LogP contribution in [0.3, 0.4) is 0 Å². The minimum absolute atomic E-state index is 0.528. The van der Waals surface area contributed by atoms with E-state index in [1.807, 2.05) is 0 Å². The fourth-order valence-corrected chi connectivity index (χ4v) is 2.49. The number of nitrogens with zero attached hydrogens (tertiary/aromatic N) is 1. The van der Waals surface area contributed by atoms with Crippen molar-refractivity contribution >= 4 is 22.6 Å². The first kappa shape index (κ1) is 9.78. The Balaban J connectivity index is 2.46. The van der Waals surface area contributed by atoms with Crippen LogP contribution in [0.2, 0.25) is 0 Å². The molecule has 1 saturated heterocycles. The number of likely N-dealkylation sites (tertiary alicyclic amines) is 1. The van der Waals surface area contributed by atoms with Crippen LogP contribution in [-0.4, -0.2) is 27.5 Å². The fourth-order valence-electron chi connectivity index (χ4n) is 1.67.